The lowest BCUT2D eigenvalue weighted by atomic mass is 10.1. The highest BCUT2D eigenvalue weighted by atomic mass is 15.0. The van der Waals surface area contributed by atoms with Crippen molar-refractivity contribution in [3.05, 3.63) is 53.9 Å². The van der Waals surface area contributed by atoms with Gasteiger partial charge in [-0.3, -0.25) is 0 Å². The van der Waals surface area contributed by atoms with Crippen molar-refractivity contribution in [3.63, 3.8) is 0 Å². The van der Waals surface area contributed by atoms with Crippen molar-refractivity contribution in [2.24, 2.45) is 0 Å². The summed E-state index contributed by atoms with van der Waals surface area (Å²) >= 11 is 0. The van der Waals surface area contributed by atoms with Gasteiger partial charge in [0.15, 0.2) is 0 Å². The highest BCUT2D eigenvalue weighted by Gasteiger charge is 2.08. The van der Waals surface area contributed by atoms with Crippen LogP contribution in [0.3, 0.4) is 0 Å². The molecular weight excluding hydrogens is 194 g/mol. The minimum absolute atomic E-state index is 1.03. The summed E-state index contributed by atoms with van der Waals surface area (Å²) in [7, 11) is 0. The first-order valence-electron chi connectivity index (χ1n) is 5.87. The zero-order valence-electron chi connectivity index (χ0n) is 9.26. The van der Waals surface area contributed by atoms with Gasteiger partial charge < -0.3 is 4.57 Å². The van der Waals surface area contributed by atoms with E-state index in [1.54, 1.807) is 0 Å². The zero-order chi connectivity index (χ0) is 10.8. The molecule has 0 saturated carbocycles. The fourth-order valence-electron chi connectivity index (χ4n) is 2.23. The van der Waals surface area contributed by atoms with E-state index in [1.807, 2.05) is 0 Å². The van der Waals surface area contributed by atoms with E-state index in [0.717, 1.165) is 12.8 Å². The van der Waals surface area contributed by atoms with E-state index in [9.17, 15) is 0 Å². The molecule has 80 valence electrons. The fraction of sp³-hybridized carbons (Fsp3) is 0.200. The van der Waals surface area contributed by atoms with Crippen molar-refractivity contribution in [2.75, 3.05) is 0 Å². The monoisotopic (exact) mass is 209 g/mol. The Morgan fingerprint density at radius 1 is 0.938 bits per heavy atom. The molecule has 0 amide bonds. The van der Waals surface area contributed by atoms with Crippen molar-refractivity contribution >= 4 is 17.8 Å². The van der Waals surface area contributed by atoms with Crippen molar-refractivity contribution in [1.29, 1.82) is 0 Å². The molecule has 3 rings (SSSR count). The highest BCUT2D eigenvalue weighted by molar-refractivity contribution is 5.71. The number of fused-ring (bicyclic) bond motifs is 1. The number of hydrogen-bond donors (Lipinski definition) is 0. The van der Waals surface area contributed by atoms with Crippen LogP contribution in [0.4, 0.5) is 0 Å². The molecule has 0 aliphatic heterocycles. The molecule has 0 saturated heterocycles. The molecule has 1 aromatic heterocycles. The van der Waals surface area contributed by atoms with Gasteiger partial charge in [-0.05, 0) is 43.0 Å². The Morgan fingerprint density at radius 2 is 1.88 bits per heavy atom. The van der Waals surface area contributed by atoms with Gasteiger partial charge in [0.25, 0.3) is 0 Å². The van der Waals surface area contributed by atoms with E-state index in [4.69, 9.17) is 0 Å². The lowest BCUT2D eigenvalue weighted by Gasteiger charge is -2.11. The summed E-state index contributed by atoms with van der Waals surface area (Å²) in [5, 5.41) is 0. The molecule has 0 atom stereocenters. The van der Waals surface area contributed by atoms with Gasteiger partial charge in [-0.25, -0.2) is 0 Å². The quantitative estimate of drug-likeness (QED) is 0.656. The first-order valence-corrected chi connectivity index (χ1v) is 5.87. The van der Waals surface area contributed by atoms with Crippen LogP contribution < -0.4 is 0 Å². The van der Waals surface area contributed by atoms with Crippen molar-refractivity contribution in [2.45, 2.75) is 19.3 Å². The van der Waals surface area contributed by atoms with Crippen LogP contribution >= 0.6 is 0 Å². The number of hydrogen-bond acceptors (Lipinski definition) is 0. The third-order valence-electron chi connectivity index (χ3n) is 3.06. The topological polar surface area (TPSA) is 4.93 Å². The van der Waals surface area contributed by atoms with Crippen LogP contribution in [0, 0.1) is 0 Å². The number of rotatable bonds is 1. The lowest BCUT2D eigenvalue weighted by molar-refractivity contribution is 0.997. The molecule has 2 aliphatic rings. The molecular formula is C15H15N. The van der Waals surface area contributed by atoms with Crippen LogP contribution in [0.1, 0.15) is 30.5 Å². The molecule has 1 aromatic rings. The maximum Gasteiger partial charge on any atom is 0.0525 e. The molecule has 1 heterocycles. The summed E-state index contributed by atoms with van der Waals surface area (Å²) in [5.41, 5.74) is 3.91. The molecule has 1 nitrogen and oxygen atoms in total. The highest BCUT2D eigenvalue weighted by Crippen LogP contribution is 2.24. The zero-order valence-corrected chi connectivity index (χ0v) is 9.26. The standard InChI is InChI=1S/C15H15N/c1-3-7-13-11-12-16(15(13)10-6-1)14-8-4-2-5-9-14/h3-4,6-12H,1-2,5H2. The van der Waals surface area contributed by atoms with Crippen LogP contribution in [0.5, 0.6) is 0 Å². The SMILES string of the molecule is C1=Cc2ccn(C3=CCCC=C3)c2C=CC1. The number of nitrogens with zero attached hydrogens (tertiary/aromatic N) is 1. The Hall–Kier alpha value is -1.76. The molecule has 0 radical (unpaired) electrons. The summed E-state index contributed by atoms with van der Waals surface area (Å²) in [6, 6.07) is 2.19. The second-order valence-electron chi connectivity index (χ2n) is 4.18. The van der Waals surface area contributed by atoms with E-state index < -0.39 is 0 Å². The predicted molar refractivity (Wildman–Crippen MR) is 69.8 cm³/mol. The molecule has 0 spiro atoms. The van der Waals surface area contributed by atoms with Crippen LogP contribution in [-0.2, 0) is 0 Å². The summed E-state index contributed by atoms with van der Waals surface area (Å²) in [4.78, 5) is 0. The van der Waals surface area contributed by atoms with E-state index >= 15 is 0 Å². The maximum absolute atomic E-state index is 2.31. The normalized spacial score (nSPS) is 18.1. The van der Waals surface area contributed by atoms with Gasteiger partial charge in [0.2, 0.25) is 0 Å². The number of aromatic nitrogens is 1. The largest absolute Gasteiger partial charge is 0.317 e. The molecule has 1 heteroatoms. The lowest BCUT2D eigenvalue weighted by Crippen LogP contribution is -1.98. The summed E-state index contributed by atoms with van der Waals surface area (Å²) < 4.78 is 2.27. The summed E-state index contributed by atoms with van der Waals surface area (Å²) in [5.74, 6) is 0. The average molecular weight is 209 g/mol. The van der Waals surface area contributed by atoms with Gasteiger partial charge in [-0.1, -0.05) is 30.4 Å². The molecule has 0 fully saturated rings. The second kappa shape index (κ2) is 4.01. The summed E-state index contributed by atoms with van der Waals surface area (Å²) in [6.45, 7) is 0. The van der Waals surface area contributed by atoms with Crippen LogP contribution in [0.2, 0.25) is 0 Å². The molecule has 2 aliphatic carbocycles. The average Bonchev–Trinajstić information content (AvgIpc) is 2.60. The van der Waals surface area contributed by atoms with E-state index in [-0.39, 0.29) is 0 Å². The molecule has 0 bridgehead atoms. The van der Waals surface area contributed by atoms with Gasteiger partial charge >= 0.3 is 0 Å². The molecule has 0 unspecified atom stereocenters. The van der Waals surface area contributed by atoms with Crippen LogP contribution in [-0.4, -0.2) is 4.57 Å². The Balaban J connectivity index is 2.09. The van der Waals surface area contributed by atoms with E-state index in [1.165, 1.54) is 23.4 Å². The maximum atomic E-state index is 2.31. The van der Waals surface area contributed by atoms with E-state index in [0.29, 0.717) is 0 Å². The third kappa shape index (κ3) is 1.58. The smallest absolute Gasteiger partial charge is 0.0525 e. The minimum atomic E-state index is 1.03. The fourth-order valence-corrected chi connectivity index (χ4v) is 2.23. The van der Waals surface area contributed by atoms with E-state index in [2.05, 4.69) is 59.4 Å². The first kappa shape index (κ1) is 9.46. The van der Waals surface area contributed by atoms with Gasteiger partial charge in [0, 0.05) is 11.9 Å². The van der Waals surface area contributed by atoms with Crippen molar-refractivity contribution in [3.8, 4) is 0 Å². The number of allylic oxidation sites excluding steroid dienone is 6. The predicted octanol–water partition coefficient (Wildman–Crippen LogP) is 4.11. The first-order chi connectivity index (χ1) is 7.95. The Kier molecular flexibility index (Phi) is 2.37. The molecule has 0 aromatic carbocycles. The Morgan fingerprint density at radius 3 is 2.75 bits per heavy atom. The second-order valence-corrected chi connectivity index (χ2v) is 4.18. The van der Waals surface area contributed by atoms with Gasteiger partial charge in [-0.15, -0.1) is 0 Å². The van der Waals surface area contributed by atoms with Crippen molar-refractivity contribution < 1.29 is 0 Å². The van der Waals surface area contributed by atoms with Crippen molar-refractivity contribution in [1.82, 2.24) is 4.57 Å². The Bertz CT molecular complexity index is 510. The van der Waals surface area contributed by atoms with Gasteiger partial charge in [0.05, 0.1) is 5.69 Å². The summed E-state index contributed by atoms with van der Waals surface area (Å²) in [6.07, 6.45) is 21.1. The molecule has 0 N–H and O–H groups in total. The molecule has 16 heavy (non-hydrogen) atoms. The van der Waals surface area contributed by atoms with Crippen LogP contribution in [0.25, 0.3) is 17.8 Å². The van der Waals surface area contributed by atoms with Gasteiger partial charge in [0.1, 0.15) is 0 Å². The minimum Gasteiger partial charge on any atom is -0.317 e. The van der Waals surface area contributed by atoms with Crippen LogP contribution in [0.15, 0.2) is 42.6 Å². The third-order valence-corrected chi connectivity index (χ3v) is 3.06. The van der Waals surface area contributed by atoms with Gasteiger partial charge in [-0.2, -0.15) is 0 Å². The Labute approximate surface area is 96.1 Å².